The van der Waals surface area contributed by atoms with Gasteiger partial charge in [0.15, 0.2) is 0 Å². The number of nitrogens with one attached hydrogen (secondary N) is 3. The van der Waals surface area contributed by atoms with Gasteiger partial charge in [-0.3, -0.25) is 9.59 Å². The summed E-state index contributed by atoms with van der Waals surface area (Å²) >= 11 is 0. The van der Waals surface area contributed by atoms with Crippen LogP contribution in [0.2, 0.25) is 0 Å². The molecule has 29 heavy (non-hydrogen) atoms. The number of nitriles is 1. The van der Waals surface area contributed by atoms with Crippen molar-refractivity contribution >= 4 is 34.8 Å². The lowest BCUT2D eigenvalue weighted by molar-refractivity contribution is -0.114. The molecule has 0 aliphatic carbocycles. The van der Waals surface area contributed by atoms with E-state index in [0.717, 1.165) is 0 Å². The molecule has 0 unspecified atom stereocenters. The third kappa shape index (κ3) is 5.14. The zero-order valence-electron chi connectivity index (χ0n) is 15.9. The number of carbonyl (C=O) groups is 2. The molecule has 3 rings (SSSR count). The van der Waals surface area contributed by atoms with Gasteiger partial charge in [0.05, 0.1) is 11.3 Å². The van der Waals surface area contributed by atoms with Crippen LogP contribution in [-0.2, 0) is 4.79 Å². The van der Waals surface area contributed by atoms with E-state index in [1.165, 1.54) is 6.92 Å². The average Bonchev–Trinajstić information content (AvgIpc) is 2.69. The van der Waals surface area contributed by atoms with E-state index < -0.39 is 5.91 Å². The van der Waals surface area contributed by atoms with Crippen LogP contribution in [-0.4, -0.2) is 21.8 Å². The van der Waals surface area contributed by atoms with Crippen LogP contribution in [0.25, 0.3) is 0 Å². The highest BCUT2D eigenvalue weighted by Gasteiger charge is 2.13. The van der Waals surface area contributed by atoms with Crippen molar-refractivity contribution in [1.82, 2.24) is 9.97 Å². The minimum Gasteiger partial charge on any atom is -0.326 e. The maximum atomic E-state index is 12.6. The summed E-state index contributed by atoms with van der Waals surface area (Å²) in [5.41, 5.74) is 2.93. The van der Waals surface area contributed by atoms with Gasteiger partial charge < -0.3 is 16.0 Å². The summed E-state index contributed by atoms with van der Waals surface area (Å²) in [6.45, 7) is 3.20. The number of carbonyl (C=O) groups excluding carboxylic acids is 2. The van der Waals surface area contributed by atoms with E-state index in [2.05, 4.69) is 25.9 Å². The van der Waals surface area contributed by atoms with Crippen molar-refractivity contribution in [3.05, 3.63) is 71.5 Å². The van der Waals surface area contributed by atoms with Crippen LogP contribution < -0.4 is 16.0 Å². The molecule has 1 heterocycles. The molecule has 0 saturated heterocycles. The van der Waals surface area contributed by atoms with Crippen molar-refractivity contribution in [3.63, 3.8) is 0 Å². The molecule has 0 spiro atoms. The van der Waals surface area contributed by atoms with Gasteiger partial charge in [0.2, 0.25) is 11.9 Å². The number of rotatable bonds is 5. The third-order valence-electron chi connectivity index (χ3n) is 3.84. The van der Waals surface area contributed by atoms with Crippen LogP contribution in [0, 0.1) is 18.3 Å². The Kier molecular flexibility index (Phi) is 5.80. The lowest BCUT2D eigenvalue weighted by atomic mass is 10.2. The summed E-state index contributed by atoms with van der Waals surface area (Å²) in [5, 5.41) is 17.6. The van der Waals surface area contributed by atoms with E-state index in [9.17, 15) is 9.59 Å². The first kappa shape index (κ1) is 19.5. The Morgan fingerprint density at radius 2 is 1.66 bits per heavy atom. The first-order chi connectivity index (χ1) is 13.9. The number of para-hydroxylation sites is 1. The quantitative estimate of drug-likeness (QED) is 0.616. The van der Waals surface area contributed by atoms with Gasteiger partial charge in [-0.25, -0.2) is 9.97 Å². The largest absolute Gasteiger partial charge is 0.326 e. The summed E-state index contributed by atoms with van der Waals surface area (Å²) in [6.07, 6.45) is 0. The van der Waals surface area contributed by atoms with Crippen LogP contribution in [0.15, 0.2) is 54.6 Å². The van der Waals surface area contributed by atoms with E-state index in [4.69, 9.17) is 5.26 Å². The third-order valence-corrected chi connectivity index (χ3v) is 3.84. The van der Waals surface area contributed by atoms with E-state index in [1.54, 1.807) is 61.5 Å². The summed E-state index contributed by atoms with van der Waals surface area (Å²) in [6, 6.07) is 17.4. The number of anilines is 4. The Morgan fingerprint density at radius 3 is 2.34 bits per heavy atom. The second kappa shape index (κ2) is 8.63. The molecule has 0 fully saturated rings. The first-order valence-electron chi connectivity index (χ1n) is 8.75. The normalized spacial score (nSPS) is 9.97. The molecule has 8 heteroatoms. The molecule has 0 aliphatic heterocycles. The van der Waals surface area contributed by atoms with Gasteiger partial charge in [-0.15, -0.1) is 0 Å². The van der Waals surface area contributed by atoms with Gasteiger partial charge in [0.1, 0.15) is 11.8 Å². The number of nitrogens with zero attached hydrogens (tertiary/aromatic N) is 3. The molecule has 0 aliphatic rings. The van der Waals surface area contributed by atoms with Crippen molar-refractivity contribution < 1.29 is 9.59 Å². The fourth-order valence-corrected chi connectivity index (χ4v) is 2.59. The SMILES string of the molecule is CC(=O)Nc1ccc(Nc2nc(C)cc(C(=O)Nc3ccccc3C#N)n2)cc1. The van der Waals surface area contributed by atoms with Crippen LogP contribution in [0.4, 0.5) is 23.0 Å². The summed E-state index contributed by atoms with van der Waals surface area (Å²) in [7, 11) is 0. The van der Waals surface area contributed by atoms with Gasteiger partial charge in [-0.05, 0) is 49.4 Å². The Hall–Kier alpha value is -4.25. The predicted molar refractivity (Wildman–Crippen MR) is 110 cm³/mol. The van der Waals surface area contributed by atoms with Crippen molar-refractivity contribution in [2.45, 2.75) is 13.8 Å². The van der Waals surface area contributed by atoms with Crippen LogP contribution in [0.1, 0.15) is 28.7 Å². The fraction of sp³-hybridized carbons (Fsp3) is 0.0952. The molecule has 0 atom stereocenters. The number of aryl methyl sites for hydroxylation is 1. The molecule has 0 saturated carbocycles. The van der Waals surface area contributed by atoms with Gasteiger partial charge >= 0.3 is 0 Å². The highest BCUT2D eigenvalue weighted by Crippen LogP contribution is 2.19. The van der Waals surface area contributed by atoms with Gasteiger partial charge in [-0.2, -0.15) is 5.26 Å². The number of hydrogen-bond acceptors (Lipinski definition) is 6. The Morgan fingerprint density at radius 1 is 0.966 bits per heavy atom. The van der Waals surface area contributed by atoms with Crippen LogP contribution in [0.3, 0.4) is 0 Å². The Bertz CT molecular complexity index is 1100. The van der Waals surface area contributed by atoms with E-state index >= 15 is 0 Å². The summed E-state index contributed by atoms with van der Waals surface area (Å²) in [5.74, 6) is -0.334. The molecule has 0 bridgehead atoms. The standard InChI is InChI=1S/C21H18N6O2/c1-13-11-19(20(29)26-18-6-4-3-5-15(18)12-22)27-21(23-13)25-17-9-7-16(8-10-17)24-14(2)28/h3-11H,1-2H3,(H,24,28)(H,26,29)(H,23,25,27). The summed E-state index contributed by atoms with van der Waals surface area (Å²) in [4.78, 5) is 32.3. The molecule has 8 nitrogen and oxygen atoms in total. The molecule has 1 aromatic heterocycles. The minimum absolute atomic E-state index is 0.152. The van der Waals surface area contributed by atoms with Gasteiger partial charge in [0.25, 0.3) is 5.91 Å². The number of benzene rings is 2. The first-order valence-corrected chi connectivity index (χ1v) is 8.75. The van der Waals surface area contributed by atoms with Crippen molar-refractivity contribution in [3.8, 4) is 6.07 Å². The zero-order chi connectivity index (χ0) is 20.8. The lowest BCUT2D eigenvalue weighted by Crippen LogP contribution is -2.16. The highest BCUT2D eigenvalue weighted by atomic mass is 16.2. The molecule has 3 aromatic rings. The number of amides is 2. The molecule has 3 N–H and O–H groups in total. The fourth-order valence-electron chi connectivity index (χ4n) is 2.59. The van der Waals surface area contributed by atoms with Crippen molar-refractivity contribution in [1.29, 1.82) is 5.26 Å². The number of aromatic nitrogens is 2. The average molecular weight is 386 g/mol. The monoisotopic (exact) mass is 386 g/mol. The maximum Gasteiger partial charge on any atom is 0.274 e. The molecular weight excluding hydrogens is 368 g/mol. The smallest absolute Gasteiger partial charge is 0.274 e. The number of hydrogen-bond donors (Lipinski definition) is 3. The van der Waals surface area contributed by atoms with E-state index in [1.807, 2.05) is 6.07 Å². The summed E-state index contributed by atoms with van der Waals surface area (Å²) < 4.78 is 0. The van der Waals surface area contributed by atoms with Crippen LogP contribution in [0.5, 0.6) is 0 Å². The van der Waals surface area contributed by atoms with Crippen LogP contribution >= 0.6 is 0 Å². The molecule has 2 aromatic carbocycles. The van der Waals surface area contributed by atoms with Gasteiger partial charge in [0, 0.05) is 24.0 Å². The molecule has 2 amide bonds. The predicted octanol–water partition coefficient (Wildman–Crippen LogP) is 3.61. The Labute approximate surface area is 167 Å². The lowest BCUT2D eigenvalue weighted by Gasteiger charge is -2.10. The van der Waals surface area contributed by atoms with E-state index in [0.29, 0.717) is 28.3 Å². The molecule has 0 radical (unpaired) electrons. The highest BCUT2D eigenvalue weighted by molar-refractivity contribution is 6.03. The molecule has 144 valence electrons. The second-order valence-corrected chi connectivity index (χ2v) is 6.21. The topological polar surface area (TPSA) is 120 Å². The maximum absolute atomic E-state index is 12.6. The van der Waals surface area contributed by atoms with Crippen molar-refractivity contribution in [2.75, 3.05) is 16.0 Å². The second-order valence-electron chi connectivity index (χ2n) is 6.21. The molecular formula is C21H18N6O2. The van der Waals surface area contributed by atoms with Crippen molar-refractivity contribution in [2.24, 2.45) is 0 Å². The van der Waals surface area contributed by atoms with E-state index in [-0.39, 0.29) is 17.5 Å². The van der Waals surface area contributed by atoms with Gasteiger partial charge in [-0.1, -0.05) is 12.1 Å². The Balaban J connectivity index is 1.78. The minimum atomic E-state index is -0.442. The zero-order valence-corrected chi connectivity index (χ0v) is 15.9.